The van der Waals surface area contributed by atoms with E-state index in [9.17, 15) is 5.11 Å². The van der Waals surface area contributed by atoms with Crippen molar-refractivity contribution in [3.05, 3.63) is 81.8 Å². The molecule has 1 fully saturated rings. The fraction of sp³-hybridized carbons (Fsp3) is 0.333. The molecule has 2 aliphatic heterocycles. The van der Waals surface area contributed by atoms with Crippen LogP contribution >= 0.6 is 11.6 Å². The standard InChI is InChI=1S/C14H19N3O2.C8H12ClN3O.C2H6/c15-11(9-4-1-2-5-12(9)18)8-10(14(16)17)13-6-3-7-19-13;9-7(10)4-5(8(11)12)6-2-1-3-13-6;1-2/h1-2,4-5,8,13,18H,3,6-7,15-17H2;2,4H,1,3,10-12H2;1-2H3/b11-8-;7-4-;. The van der Waals surface area contributed by atoms with Crippen molar-refractivity contribution in [2.45, 2.75) is 39.2 Å². The number of nitrogens with two attached hydrogens (primary N) is 6. The summed E-state index contributed by atoms with van der Waals surface area (Å²) >= 11 is 5.51. The summed E-state index contributed by atoms with van der Waals surface area (Å²) in [6.45, 7) is 5.34. The molecule has 0 amide bonds. The van der Waals surface area contributed by atoms with Crippen LogP contribution < -0.4 is 34.4 Å². The van der Waals surface area contributed by atoms with Gasteiger partial charge in [0.15, 0.2) is 0 Å². The number of phenols is 1. The van der Waals surface area contributed by atoms with Crippen molar-refractivity contribution in [3.8, 4) is 5.75 Å². The Kier molecular flexibility index (Phi) is 12.3. The van der Waals surface area contributed by atoms with Crippen LogP contribution in [0.4, 0.5) is 0 Å². The van der Waals surface area contributed by atoms with Gasteiger partial charge in [-0.15, -0.1) is 0 Å². The zero-order chi connectivity index (χ0) is 25.7. The summed E-state index contributed by atoms with van der Waals surface area (Å²) in [4.78, 5) is 0. The molecule has 1 atom stereocenters. The van der Waals surface area contributed by atoms with E-state index in [2.05, 4.69) is 0 Å². The highest BCUT2D eigenvalue weighted by Crippen LogP contribution is 2.26. The summed E-state index contributed by atoms with van der Waals surface area (Å²) < 4.78 is 10.8. The van der Waals surface area contributed by atoms with Crippen LogP contribution in [-0.4, -0.2) is 24.4 Å². The second-order valence-electron chi connectivity index (χ2n) is 7.13. The van der Waals surface area contributed by atoms with E-state index < -0.39 is 0 Å². The summed E-state index contributed by atoms with van der Waals surface area (Å²) in [7, 11) is 0. The van der Waals surface area contributed by atoms with Gasteiger partial charge < -0.3 is 49.0 Å². The number of rotatable bonds is 5. The van der Waals surface area contributed by atoms with Gasteiger partial charge in [-0.05, 0) is 43.2 Å². The molecule has 2 heterocycles. The molecule has 2 aliphatic rings. The van der Waals surface area contributed by atoms with E-state index in [-0.39, 0.29) is 28.7 Å². The first-order valence-electron chi connectivity index (χ1n) is 11.0. The molecule has 1 aromatic carbocycles. The number of hydrogen-bond donors (Lipinski definition) is 7. The minimum absolute atomic E-state index is 0.116. The van der Waals surface area contributed by atoms with Crippen molar-refractivity contribution >= 4 is 17.3 Å². The molecule has 0 aliphatic carbocycles. The lowest BCUT2D eigenvalue weighted by Crippen LogP contribution is -2.20. The van der Waals surface area contributed by atoms with E-state index in [1.54, 1.807) is 30.3 Å². The molecular formula is C24H37ClN6O3. The number of halogens is 1. The molecule has 0 bridgehead atoms. The highest BCUT2D eigenvalue weighted by molar-refractivity contribution is 6.29. The van der Waals surface area contributed by atoms with E-state index in [4.69, 9.17) is 55.5 Å². The van der Waals surface area contributed by atoms with Crippen LogP contribution in [0.3, 0.4) is 0 Å². The average Bonchev–Trinajstić information content (AvgIpc) is 3.52. The summed E-state index contributed by atoms with van der Waals surface area (Å²) in [6, 6.07) is 6.86. The molecule has 3 rings (SSSR count). The van der Waals surface area contributed by atoms with E-state index in [0.717, 1.165) is 19.3 Å². The highest BCUT2D eigenvalue weighted by Gasteiger charge is 2.21. The third kappa shape index (κ3) is 8.84. The molecule has 0 aromatic heterocycles. The van der Waals surface area contributed by atoms with Crippen LogP contribution in [0.2, 0.25) is 0 Å². The maximum atomic E-state index is 9.77. The second-order valence-corrected chi connectivity index (χ2v) is 7.57. The lowest BCUT2D eigenvalue weighted by atomic mass is 10.0. The molecular weight excluding hydrogens is 456 g/mol. The molecule has 1 unspecified atom stereocenters. The predicted octanol–water partition coefficient (Wildman–Crippen LogP) is 2.48. The molecule has 13 N–H and O–H groups in total. The quantitative estimate of drug-likeness (QED) is 0.238. The zero-order valence-corrected chi connectivity index (χ0v) is 20.5. The van der Waals surface area contributed by atoms with Gasteiger partial charge in [0, 0.05) is 29.9 Å². The van der Waals surface area contributed by atoms with Crippen molar-refractivity contribution in [2.75, 3.05) is 13.2 Å². The first-order chi connectivity index (χ1) is 16.2. The number of benzene rings is 1. The fourth-order valence-electron chi connectivity index (χ4n) is 3.19. The maximum Gasteiger partial charge on any atom is 0.126 e. The summed E-state index contributed by atoms with van der Waals surface area (Å²) in [5.74, 6) is 1.11. The van der Waals surface area contributed by atoms with Gasteiger partial charge in [-0.2, -0.15) is 0 Å². The number of aromatic hydroxyl groups is 1. The minimum Gasteiger partial charge on any atom is -0.507 e. The van der Waals surface area contributed by atoms with Crippen LogP contribution in [0, 0.1) is 0 Å². The first-order valence-corrected chi connectivity index (χ1v) is 11.4. The summed E-state index contributed by atoms with van der Waals surface area (Å²) in [5, 5.41) is 9.89. The lowest BCUT2D eigenvalue weighted by molar-refractivity contribution is 0.139. The molecule has 0 saturated carbocycles. The third-order valence-electron chi connectivity index (χ3n) is 4.70. The summed E-state index contributed by atoms with van der Waals surface area (Å²) in [5.41, 5.74) is 35.8. The largest absolute Gasteiger partial charge is 0.507 e. The maximum absolute atomic E-state index is 9.77. The highest BCUT2D eigenvalue weighted by atomic mass is 35.5. The van der Waals surface area contributed by atoms with Crippen molar-refractivity contribution in [1.82, 2.24) is 0 Å². The smallest absolute Gasteiger partial charge is 0.126 e. The molecule has 188 valence electrons. The Morgan fingerprint density at radius 1 is 1.00 bits per heavy atom. The van der Waals surface area contributed by atoms with Gasteiger partial charge in [0.2, 0.25) is 0 Å². The van der Waals surface area contributed by atoms with Gasteiger partial charge in [0.1, 0.15) is 22.5 Å². The second kappa shape index (κ2) is 14.7. The Morgan fingerprint density at radius 3 is 2.15 bits per heavy atom. The number of phenolic OH excluding ortho intramolecular Hbond substituents is 1. The molecule has 1 saturated heterocycles. The number of ether oxygens (including phenoxy) is 2. The Labute approximate surface area is 206 Å². The van der Waals surface area contributed by atoms with Crippen LogP contribution in [0.15, 0.2) is 76.2 Å². The third-order valence-corrected chi connectivity index (χ3v) is 4.81. The Balaban J connectivity index is 0.000000337. The number of allylic oxidation sites excluding steroid dienone is 1. The van der Waals surface area contributed by atoms with Crippen LogP contribution in [0.5, 0.6) is 5.75 Å². The monoisotopic (exact) mass is 492 g/mol. The molecule has 34 heavy (non-hydrogen) atoms. The van der Waals surface area contributed by atoms with Crippen LogP contribution in [0.25, 0.3) is 5.70 Å². The topological polar surface area (TPSA) is 195 Å². The molecule has 10 heteroatoms. The van der Waals surface area contributed by atoms with Gasteiger partial charge in [-0.1, -0.05) is 37.6 Å². The van der Waals surface area contributed by atoms with Gasteiger partial charge >= 0.3 is 0 Å². The Bertz CT molecular complexity index is 951. The van der Waals surface area contributed by atoms with Crippen molar-refractivity contribution in [1.29, 1.82) is 0 Å². The average molecular weight is 493 g/mol. The van der Waals surface area contributed by atoms with E-state index >= 15 is 0 Å². The number of hydrogen-bond acceptors (Lipinski definition) is 9. The molecule has 0 radical (unpaired) electrons. The van der Waals surface area contributed by atoms with Gasteiger partial charge in [0.05, 0.1) is 24.1 Å². The summed E-state index contributed by atoms with van der Waals surface area (Å²) in [6.07, 6.45) is 7.64. The number of para-hydroxylation sites is 1. The fourth-order valence-corrected chi connectivity index (χ4v) is 3.30. The van der Waals surface area contributed by atoms with Gasteiger partial charge in [0.25, 0.3) is 0 Å². The van der Waals surface area contributed by atoms with Crippen LogP contribution in [0.1, 0.15) is 38.7 Å². The van der Waals surface area contributed by atoms with E-state index in [1.807, 2.05) is 19.9 Å². The Morgan fingerprint density at radius 2 is 1.68 bits per heavy atom. The minimum atomic E-state index is -0.116. The van der Waals surface area contributed by atoms with Gasteiger partial charge in [-0.3, -0.25) is 0 Å². The predicted molar refractivity (Wildman–Crippen MR) is 138 cm³/mol. The first kappa shape index (κ1) is 28.6. The molecule has 0 spiro atoms. The SMILES string of the molecule is CC.NC(N)=C(/C=C(\N)Cl)C1=CCCO1.NC(N)=C(/C=C(\N)c1ccccc1O)C1CCCO1. The molecule has 9 nitrogen and oxygen atoms in total. The van der Waals surface area contributed by atoms with E-state index in [1.165, 1.54) is 6.08 Å². The Hall–Kier alpha value is -3.43. The van der Waals surface area contributed by atoms with Crippen molar-refractivity contribution < 1.29 is 14.6 Å². The normalized spacial score (nSPS) is 17.3. The van der Waals surface area contributed by atoms with E-state index in [0.29, 0.717) is 41.4 Å². The van der Waals surface area contributed by atoms with Crippen LogP contribution in [-0.2, 0) is 9.47 Å². The lowest BCUT2D eigenvalue weighted by Gasteiger charge is -2.14. The van der Waals surface area contributed by atoms with Crippen molar-refractivity contribution in [2.24, 2.45) is 34.4 Å². The molecule has 1 aromatic rings. The van der Waals surface area contributed by atoms with Crippen molar-refractivity contribution in [3.63, 3.8) is 0 Å². The van der Waals surface area contributed by atoms with Gasteiger partial charge in [-0.25, -0.2) is 0 Å². The zero-order valence-electron chi connectivity index (χ0n) is 19.8.